The van der Waals surface area contributed by atoms with Crippen LogP contribution < -0.4 is 0 Å². The first-order valence-corrected chi connectivity index (χ1v) is 6.69. The van der Waals surface area contributed by atoms with Crippen molar-refractivity contribution in [1.29, 1.82) is 0 Å². The predicted molar refractivity (Wildman–Crippen MR) is 66.8 cm³/mol. The highest BCUT2D eigenvalue weighted by atomic mass is 14.7. The second-order valence-corrected chi connectivity index (χ2v) is 6.22. The molecule has 0 N–H and O–H groups in total. The summed E-state index contributed by atoms with van der Waals surface area (Å²) in [4.78, 5) is 0. The highest BCUT2D eigenvalue weighted by Gasteiger charge is 2.63. The molecule has 2 atom stereocenters. The largest absolute Gasteiger partial charge is 0.0876 e. The van der Waals surface area contributed by atoms with Crippen LogP contribution in [0.25, 0.3) is 0 Å². The summed E-state index contributed by atoms with van der Waals surface area (Å²) < 4.78 is 0. The monoisotopic (exact) mass is 206 g/mol. The maximum absolute atomic E-state index is 2.48. The normalized spacial score (nSPS) is 51.7. The summed E-state index contributed by atoms with van der Waals surface area (Å²) in [6.45, 7) is 11.9. The molecule has 0 aromatic carbocycles. The lowest BCUT2D eigenvalue weighted by Gasteiger charge is -2.68. The minimum absolute atomic E-state index is 0.639. The molecule has 2 saturated carbocycles. The summed E-state index contributed by atoms with van der Waals surface area (Å²) in [6, 6.07) is 0. The van der Waals surface area contributed by atoms with Gasteiger partial charge in [0.1, 0.15) is 0 Å². The summed E-state index contributed by atoms with van der Waals surface area (Å²) in [6.07, 6.45) is 8.02. The number of rotatable bonds is 2. The molecule has 2 unspecified atom stereocenters. The van der Waals surface area contributed by atoms with Crippen LogP contribution in [0, 0.1) is 22.7 Å². The summed E-state index contributed by atoms with van der Waals surface area (Å²) in [5.74, 6) is 1.84. The van der Waals surface area contributed by atoms with E-state index in [4.69, 9.17) is 0 Å². The molecule has 15 heavy (non-hydrogen) atoms. The molecule has 0 saturated heterocycles. The average Bonchev–Trinajstić information content (AvgIpc) is 2.20. The van der Waals surface area contributed by atoms with Crippen LogP contribution in [0.15, 0.2) is 11.6 Å². The topological polar surface area (TPSA) is 0 Å². The molecule has 0 bridgehead atoms. The summed E-state index contributed by atoms with van der Waals surface area (Å²) >= 11 is 0. The van der Waals surface area contributed by atoms with Crippen molar-refractivity contribution < 1.29 is 0 Å². The van der Waals surface area contributed by atoms with Gasteiger partial charge < -0.3 is 0 Å². The first-order valence-electron chi connectivity index (χ1n) is 6.69. The van der Waals surface area contributed by atoms with Gasteiger partial charge in [-0.2, -0.15) is 0 Å². The molecule has 86 valence electrons. The minimum atomic E-state index is 0.639. The van der Waals surface area contributed by atoms with E-state index >= 15 is 0 Å². The van der Waals surface area contributed by atoms with Gasteiger partial charge in [0.05, 0.1) is 0 Å². The van der Waals surface area contributed by atoms with Crippen molar-refractivity contribution in [2.45, 2.75) is 60.3 Å². The molecule has 1 spiro atoms. The lowest BCUT2D eigenvalue weighted by molar-refractivity contribution is -0.111. The van der Waals surface area contributed by atoms with Crippen molar-refractivity contribution in [3.05, 3.63) is 11.6 Å². The fraction of sp³-hybridized carbons (Fsp3) is 0.867. The Labute approximate surface area is 95.1 Å². The molecule has 0 aliphatic heterocycles. The van der Waals surface area contributed by atoms with Crippen molar-refractivity contribution in [2.75, 3.05) is 0 Å². The first-order chi connectivity index (χ1) is 7.03. The Kier molecular flexibility index (Phi) is 2.52. The fourth-order valence-corrected chi connectivity index (χ4v) is 4.51. The van der Waals surface area contributed by atoms with Crippen LogP contribution >= 0.6 is 0 Å². The number of allylic oxidation sites excluding steroid dienone is 2. The third kappa shape index (κ3) is 1.26. The van der Waals surface area contributed by atoms with Crippen molar-refractivity contribution in [3.63, 3.8) is 0 Å². The first kappa shape index (κ1) is 11.2. The Morgan fingerprint density at radius 1 is 1.33 bits per heavy atom. The van der Waals surface area contributed by atoms with E-state index in [9.17, 15) is 0 Å². The highest BCUT2D eigenvalue weighted by Crippen LogP contribution is 2.72. The van der Waals surface area contributed by atoms with E-state index in [-0.39, 0.29) is 0 Å². The van der Waals surface area contributed by atoms with Crippen molar-refractivity contribution in [3.8, 4) is 0 Å². The van der Waals surface area contributed by atoms with Crippen molar-refractivity contribution in [2.24, 2.45) is 22.7 Å². The molecule has 2 aliphatic rings. The smallest absolute Gasteiger partial charge is 0.00437 e. The number of hydrogen-bond donors (Lipinski definition) is 0. The van der Waals surface area contributed by atoms with Crippen molar-refractivity contribution >= 4 is 0 Å². The van der Waals surface area contributed by atoms with Crippen LogP contribution in [0.5, 0.6) is 0 Å². The third-order valence-electron chi connectivity index (χ3n) is 5.54. The Morgan fingerprint density at radius 3 is 2.33 bits per heavy atom. The molecule has 2 rings (SSSR count). The summed E-state index contributed by atoms with van der Waals surface area (Å²) in [5.41, 5.74) is 3.09. The van der Waals surface area contributed by atoms with E-state index in [0.29, 0.717) is 10.8 Å². The van der Waals surface area contributed by atoms with Gasteiger partial charge >= 0.3 is 0 Å². The Hall–Kier alpha value is -0.260. The molecule has 2 aliphatic carbocycles. The molecular weight excluding hydrogens is 180 g/mol. The molecule has 0 aromatic heterocycles. The van der Waals surface area contributed by atoms with E-state index in [2.05, 4.69) is 40.7 Å². The zero-order chi connectivity index (χ0) is 11.3. The third-order valence-corrected chi connectivity index (χ3v) is 5.54. The van der Waals surface area contributed by atoms with E-state index in [1.807, 2.05) is 0 Å². The highest BCUT2D eigenvalue weighted by molar-refractivity contribution is 5.34. The van der Waals surface area contributed by atoms with E-state index in [0.717, 1.165) is 11.8 Å². The summed E-state index contributed by atoms with van der Waals surface area (Å²) in [5, 5.41) is 0. The number of hydrogen-bond acceptors (Lipinski definition) is 0. The molecule has 0 heterocycles. The quantitative estimate of drug-likeness (QED) is 0.569. The Balaban J connectivity index is 2.14. The van der Waals surface area contributed by atoms with Gasteiger partial charge in [-0.05, 0) is 48.9 Å². The van der Waals surface area contributed by atoms with Crippen LogP contribution in [-0.4, -0.2) is 0 Å². The van der Waals surface area contributed by atoms with E-state index in [1.165, 1.54) is 25.7 Å². The van der Waals surface area contributed by atoms with Crippen LogP contribution in [0.4, 0.5) is 0 Å². The molecule has 0 amide bonds. The van der Waals surface area contributed by atoms with Gasteiger partial charge in [-0.3, -0.25) is 0 Å². The van der Waals surface area contributed by atoms with Gasteiger partial charge in [0.25, 0.3) is 0 Å². The van der Waals surface area contributed by atoms with Crippen LogP contribution in [0.2, 0.25) is 0 Å². The van der Waals surface area contributed by atoms with Gasteiger partial charge in [-0.25, -0.2) is 0 Å². The lowest BCUT2D eigenvalue weighted by Crippen LogP contribution is -2.59. The zero-order valence-electron chi connectivity index (χ0n) is 11.1. The average molecular weight is 206 g/mol. The second-order valence-electron chi connectivity index (χ2n) is 6.22. The lowest BCUT2D eigenvalue weighted by atomic mass is 9.36. The molecule has 2 fully saturated rings. The maximum atomic E-state index is 2.48. The Morgan fingerprint density at radius 2 is 1.93 bits per heavy atom. The van der Waals surface area contributed by atoms with Crippen LogP contribution in [0.1, 0.15) is 60.3 Å². The maximum Gasteiger partial charge on any atom is -0.00437 e. The van der Waals surface area contributed by atoms with E-state index in [1.54, 1.807) is 5.57 Å². The molecule has 0 heteroatoms. The van der Waals surface area contributed by atoms with Crippen LogP contribution in [0.3, 0.4) is 0 Å². The molecular formula is C15H26. The summed E-state index contributed by atoms with van der Waals surface area (Å²) in [7, 11) is 0. The molecule has 0 aromatic rings. The van der Waals surface area contributed by atoms with Gasteiger partial charge in [0.2, 0.25) is 0 Å². The van der Waals surface area contributed by atoms with Gasteiger partial charge in [-0.1, -0.05) is 45.8 Å². The van der Waals surface area contributed by atoms with E-state index < -0.39 is 0 Å². The Bertz CT molecular complexity index is 278. The van der Waals surface area contributed by atoms with Gasteiger partial charge in [-0.15, -0.1) is 0 Å². The predicted octanol–water partition coefficient (Wildman–Crippen LogP) is 4.81. The molecule has 0 nitrogen and oxygen atoms in total. The second kappa shape index (κ2) is 3.37. The minimum Gasteiger partial charge on any atom is -0.0876 e. The van der Waals surface area contributed by atoms with Gasteiger partial charge in [0, 0.05) is 0 Å². The fourth-order valence-electron chi connectivity index (χ4n) is 4.51. The van der Waals surface area contributed by atoms with Crippen LogP contribution in [-0.2, 0) is 0 Å². The van der Waals surface area contributed by atoms with Crippen molar-refractivity contribution in [1.82, 2.24) is 0 Å². The SMILES string of the molecule is CC=C1C(CC)C(C)C12CC(C)(CC)C2. The molecule has 0 radical (unpaired) electrons. The zero-order valence-corrected chi connectivity index (χ0v) is 11.1. The van der Waals surface area contributed by atoms with Gasteiger partial charge in [0.15, 0.2) is 0 Å². The standard InChI is InChI=1S/C15H26/c1-6-12-11(4)15(13(12)7-2)9-14(5,8-3)10-15/h7,11-12H,6,8-10H2,1-5H3.